The standard InChI is InChI=1S/C22H29NO2/c1-5-18-9-6-7-10-21(18)23-22(24)11-8-14-25-19-12-13-20(16(2)3)17(4)15-19/h6-7,9-10,12-13,15-16H,5,8,11,14H2,1-4H3,(H,23,24). The van der Waals surface area contributed by atoms with E-state index in [1.165, 1.54) is 11.1 Å². The molecule has 25 heavy (non-hydrogen) atoms. The Labute approximate surface area is 151 Å². The van der Waals surface area contributed by atoms with Crippen LogP contribution in [0.25, 0.3) is 0 Å². The van der Waals surface area contributed by atoms with Gasteiger partial charge in [0.2, 0.25) is 5.91 Å². The summed E-state index contributed by atoms with van der Waals surface area (Å²) in [5.41, 5.74) is 4.67. The van der Waals surface area contributed by atoms with Crippen molar-refractivity contribution in [2.24, 2.45) is 0 Å². The predicted molar refractivity (Wildman–Crippen MR) is 104 cm³/mol. The van der Waals surface area contributed by atoms with Gasteiger partial charge in [-0.1, -0.05) is 45.0 Å². The van der Waals surface area contributed by atoms with E-state index in [4.69, 9.17) is 4.74 Å². The topological polar surface area (TPSA) is 38.3 Å². The van der Waals surface area contributed by atoms with Gasteiger partial charge in [-0.15, -0.1) is 0 Å². The van der Waals surface area contributed by atoms with Crippen LogP contribution in [-0.4, -0.2) is 12.5 Å². The molecule has 3 heteroatoms. The average Bonchev–Trinajstić information content (AvgIpc) is 2.59. The Kier molecular flexibility index (Phi) is 7.05. The normalized spacial score (nSPS) is 10.8. The maximum atomic E-state index is 12.1. The highest BCUT2D eigenvalue weighted by molar-refractivity contribution is 5.91. The molecule has 0 atom stereocenters. The van der Waals surface area contributed by atoms with Crippen molar-refractivity contribution < 1.29 is 9.53 Å². The average molecular weight is 339 g/mol. The van der Waals surface area contributed by atoms with Gasteiger partial charge in [0.05, 0.1) is 6.61 Å². The summed E-state index contributed by atoms with van der Waals surface area (Å²) in [5.74, 6) is 1.43. The minimum Gasteiger partial charge on any atom is -0.494 e. The lowest BCUT2D eigenvalue weighted by Crippen LogP contribution is -2.14. The number of rotatable bonds is 8. The number of anilines is 1. The van der Waals surface area contributed by atoms with Gasteiger partial charge in [0.1, 0.15) is 5.75 Å². The summed E-state index contributed by atoms with van der Waals surface area (Å²) in [6, 6.07) is 14.2. The molecule has 0 unspecified atom stereocenters. The highest BCUT2D eigenvalue weighted by atomic mass is 16.5. The number of aryl methyl sites for hydroxylation is 2. The first-order chi connectivity index (χ1) is 12.0. The molecular weight excluding hydrogens is 310 g/mol. The van der Waals surface area contributed by atoms with Crippen LogP contribution in [0.4, 0.5) is 5.69 Å². The fourth-order valence-corrected chi connectivity index (χ4v) is 2.97. The van der Waals surface area contributed by atoms with E-state index >= 15 is 0 Å². The van der Waals surface area contributed by atoms with E-state index in [-0.39, 0.29) is 5.91 Å². The van der Waals surface area contributed by atoms with Crippen LogP contribution in [0.5, 0.6) is 5.75 Å². The molecule has 0 aliphatic heterocycles. The first-order valence-corrected chi connectivity index (χ1v) is 9.12. The van der Waals surface area contributed by atoms with Crippen LogP contribution in [0.15, 0.2) is 42.5 Å². The zero-order chi connectivity index (χ0) is 18.2. The van der Waals surface area contributed by atoms with Crippen molar-refractivity contribution in [3.05, 3.63) is 59.2 Å². The van der Waals surface area contributed by atoms with E-state index < -0.39 is 0 Å². The highest BCUT2D eigenvalue weighted by Crippen LogP contribution is 2.23. The fourth-order valence-electron chi connectivity index (χ4n) is 2.97. The highest BCUT2D eigenvalue weighted by Gasteiger charge is 2.07. The molecule has 3 nitrogen and oxygen atoms in total. The number of hydrogen-bond acceptors (Lipinski definition) is 2. The predicted octanol–water partition coefficient (Wildman–Crippen LogP) is 5.48. The lowest BCUT2D eigenvalue weighted by molar-refractivity contribution is -0.116. The van der Waals surface area contributed by atoms with Crippen LogP contribution >= 0.6 is 0 Å². The molecule has 2 rings (SSSR count). The lowest BCUT2D eigenvalue weighted by atomic mass is 9.98. The van der Waals surface area contributed by atoms with E-state index in [9.17, 15) is 4.79 Å². The summed E-state index contributed by atoms with van der Waals surface area (Å²) in [5, 5.41) is 2.99. The second-order valence-electron chi connectivity index (χ2n) is 6.68. The van der Waals surface area contributed by atoms with Gasteiger partial charge in [-0.3, -0.25) is 4.79 Å². The summed E-state index contributed by atoms with van der Waals surface area (Å²) in [6.07, 6.45) is 2.07. The molecule has 0 radical (unpaired) electrons. The number of carbonyl (C=O) groups excluding carboxylic acids is 1. The minimum absolute atomic E-state index is 0.0378. The Balaban J connectivity index is 1.77. The third-order valence-corrected chi connectivity index (χ3v) is 4.35. The number of hydrogen-bond donors (Lipinski definition) is 1. The van der Waals surface area contributed by atoms with Crippen LogP contribution < -0.4 is 10.1 Å². The molecule has 0 aliphatic rings. The first kappa shape index (κ1) is 19.0. The van der Waals surface area contributed by atoms with Gasteiger partial charge in [0, 0.05) is 12.1 Å². The van der Waals surface area contributed by atoms with Crippen molar-refractivity contribution >= 4 is 11.6 Å². The quantitative estimate of drug-likeness (QED) is 0.647. The molecule has 0 aliphatic carbocycles. The molecule has 0 spiro atoms. The third kappa shape index (κ3) is 5.63. The van der Waals surface area contributed by atoms with Gasteiger partial charge < -0.3 is 10.1 Å². The maximum Gasteiger partial charge on any atom is 0.224 e. The van der Waals surface area contributed by atoms with Gasteiger partial charge in [0.25, 0.3) is 0 Å². The largest absolute Gasteiger partial charge is 0.494 e. The number of nitrogens with one attached hydrogen (secondary N) is 1. The minimum atomic E-state index is 0.0378. The second-order valence-corrected chi connectivity index (χ2v) is 6.68. The molecule has 2 aromatic carbocycles. The van der Waals surface area contributed by atoms with Crippen LogP contribution in [0.3, 0.4) is 0 Å². The monoisotopic (exact) mass is 339 g/mol. The molecule has 0 heterocycles. The second kappa shape index (κ2) is 9.26. The zero-order valence-electron chi connectivity index (χ0n) is 15.8. The molecule has 0 aromatic heterocycles. The number of carbonyl (C=O) groups is 1. The first-order valence-electron chi connectivity index (χ1n) is 9.12. The van der Waals surface area contributed by atoms with E-state index in [0.29, 0.717) is 25.4 Å². The van der Waals surface area contributed by atoms with Crippen molar-refractivity contribution in [3.63, 3.8) is 0 Å². The Morgan fingerprint density at radius 2 is 1.92 bits per heavy atom. The van der Waals surface area contributed by atoms with Gasteiger partial charge >= 0.3 is 0 Å². The van der Waals surface area contributed by atoms with Crippen LogP contribution in [0, 0.1) is 6.92 Å². The molecule has 1 N–H and O–H groups in total. The Morgan fingerprint density at radius 1 is 1.16 bits per heavy atom. The third-order valence-electron chi connectivity index (χ3n) is 4.35. The number of amides is 1. The molecule has 0 saturated heterocycles. The number of ether oxygens (including phenoxy) is 1. The van der Waals surface area contributed by atoms with Gasteiger partial charge in [0.15, 0.2) is 0 Å². The molecule has 0 bridgehead atoms. The fraction of sp³-hybridized carbons (Fsp3) is 0.409. The summed E-state index contributed by atoms with van der Waals surface area (Å²) >= 11 is 0. The van der Waals surface area contributed by atoms with Crippen LogP contribution in [-0.2, 0) is 11.2 Å². The summed E-state index contributed by atoms with van der Waals surface area (Å²) in [6.45, 7) is 9.13. The van der Waals surface area contributed by atoms with E-state index in [0.717, 1.165) is 23.4 Å². The SMILES string of the molecule is CCc1ccccc1NC(=O)CCCOc1ccc(C(C)C)c(C)c1. The van der Waals surface area contributed by atoms with Crippen LogP contribution in [0.1, 0.15) is 56.2 Å². The molecule has 1 amide bonds. The van der Waals surface area contributed by atoms with E-state index in [1.807, 2.05) is 30.3 Å². The van der Waals surface area contributed by atoms with Crippen molar-refractivity contribution in [1.82, 2.24) is 0 Å². The van der Waals surface area contributed by atoms with E-state index in [2.05, 4.69) is 45.1 Å². The Hall–Kier alpha value is -2.29. The molecule has 0 fully saturated rings. The van der Waals surface area contributed by atoms with Gasteiger partial charge in [-0.2, -0.15) is 0 Å². The molecule has 2 aromatic rings. The lowest BCUT2D eigenvalue weighted by Gasteiger charge is -2.13. The van der Waals surface area contributed by atoms with Crippen LogP contribution in [0.2, 0.25) is 0 Å². The molecule has 0 saturated carbocycles. The number of benzene rings is 2. The van der Waals surface area contributed by atoms with Crippen molar-refractivity contribution in [3.8, 4) is 5.75 Å². The van der Waals surface area contributed by atoms with Crippen molar-refractivity contribution in [2.45, 2.75) is 52.9 Å². The Bertz CT molecular complexity index is 707. The number of para-hydroxylation sites is 1. The molecular formula is C22H29NO2. The van der Waals surface area contributed by atoms with Gasteiger partial charge in [-0.25, -0.2) is 0 Å². The zero-order valence-corrected chi connectivity index (χ0v) is 15.8. The summed E-state index contributed by atoms with van der Waals surface area (Å²) in [7, 11) is 0. The van der Waals surface area contributed by atoms with Crippen molar-refractivity contribution in [1.29, 1.82) is 0 Å². The Morgan fingerprint density at radius 3 is 2.60 bits per heavy atom. The maximum absolute atomic E-state index is 12.1. The van der Waals surface area contributed by atoms with Crippen molar-refractivity contribution in [2.75, 3.05) is 11.9 Å². The van der Waals surface area contributed by atoms with E-state index in [1.54, 1.807) is 0 Å². The van der Waals surface area contributed by atoms with Gasteiger partial charge in [-0.05, 0) is 60.6 Å². The summed E-state index contributed by atoms with van der Waals surface area (Å²) < 4.78 is 5.79. The smallest absolute Gasteiger partial charge is 0.224 e. The molecule has 134 valence electrons. The summed E-state index contributed by atoms with van der Waals surface area (Å²) in [4.78, 5) is 12.1.